The molecular weight excluding hydrogens is 172 g/mol. The van der Waals surface area contributed by atoms with Crippen LogP contribution in [0.3, 0.4) is 0 Å². The smallest absolute Gasteiger partial charge is 0.115 e. The van der Waals surface area contributed by atoms with E-state index in [4.69, 9.17) is 0 Å². The maximum atomic E-state index is 9.43. The molecule has 0 aromatic heterocycles. The standard InChI is InChI=1S/C13H16O/c14-11-5-6-13-10(8-11)7-9-3-1-2-4-12(9)13/h5-6,8-9,12,14H,1-4,7H2/t9-,12+/m0/s1. The number of fused-ring (bicyclic) bond motifs is 3. The molecule has 1 saturated carbocycles. The Morgan fingerprint density at radius 3 is 2.93 bits per heavy atom. The fourth-order valence-electron chi connectivity index (χ4n) is 3.27. The van der Waals surface area contributed by atoms with Crippen LogP contribution in [0.1, 0.15) is 42.7 Å². The summed E-state index contributed by atoms with van der Waals surface area (Å²) in [6.45, 7) is 0. The quantitative estimate of drug-likeness (QED) is 0.662. The Morgan fingerprint density at radius 2 is 2.00 bits per heavy atom. The lowest BCUT2D eigenvalue weighted by Gasteiger charge is -2.25. The van der Waals surface area contributed by atoms with Gasteiger partial charge in [0.25, 0.3) is 0 Å². The predicted molar refractivity (Wildman–Crippen MR) is 56.5 cm³/mol. The van der Waals surface area contributed by atoms with Gasteiger partial charge in [-0.1, -0.05) is 18.9 Å². The second-order valence-electron chi connectivity index (χ2n) is 4.74. The van der Waals surface area contributed by atoms with Gasteiger partial charge < -0.3 is 5.11 Å². The van der Waals surface area contributed by atoms with Crippen molar-refractivity contribution in [1.82, 2.24) is 0 Å². The van der Waals surface area contributed by atoms with Crippen LogP contribution in [-0.4, -0.2) is 5.11 Å². The predicted octanol–water partition coefficient (Wildman–Crippen LogP) is 3.22. The van der Waals surface area contributed by atoms with E-state index in [1.807, 2.05) is 12.1 Å². The third kappa shape index (κ3) is 1.15. The van der Waals surface area contributed by atoms with Gasteiger partial charge in [-0.05, 0) is 54.4 Å². The Kier molecular flexibility index (Phi) is 1.79. The summed E-state index contributed by atoms with van der Waals surface area (Å²) in [6.07, 6.45) is 6.75. The molecular formula is C13H16O. The monoisotopic (exact) mass is 188 g/mol. The summed E-state index contributed by atoms with van der Waals surface area (Å²) >= 11 is 0. The molecule has 1 N–H and O–H groups in total. The first-order valence-electron chi connectivity index (χ1n) is 5.66. The van der Waals surface area contributed by atoms with Gasteiger partial charge in [0.1, 0.15) is 5.75 Å². The van der Waals surface area contributed by atoms with E-state index < -0.39 is 0 Å². The lowest BCUT2D eigenvalue weighted by Crippen LogP contribution is -2.12. The van der Waals surface area contributed by atoms with Crippen LogP contribution in [0.5, 0.6) is 5.75 Å². The number of rotatable bonds is 0. The average Bonchev–Trinajstić information content (AvgIpc) is 2.54. The summed E-state index contributed by atoms with van der Waals surface area (Å²) in [6, 6.07) is 5.95. The number of hydrogen-bond acceptors (Lipinski definition) is 1. The van der Waals surface area contributed by atoms with Gasteiger partial charge in [0, 0.05) is 0 Å². The SMILES string of the molecule is Oc1ccc2c(c1)C[C@@H]1CCCC[C@@H]21. The van der Waals surface area contributed by atoms with Crippen LogP contribution in [-0.2, 0) is 6.42 Å². The number of benzene rings is 1. The fourth-order valence-corrected chi connectivity index (χ4v) is 3.27. The van der Waals surface area contributed by atoms with Crippen molar-refractivity contribution in [3.63, 3.8) is 0 Å². The van der Waals surface area contributed by atoms with Crippen molar-refractivity contribution >= 4 is 0 Å². The molecule has 1 nitrogen and oxygen atoms in total. The molecule has 0 unspecified atom stereocenters. The van der Waals surface area contributed by atoms with Crippen molar-refractivity contribution in [2.24, 2.45) is 5.92 Å². The molecule has 0 bridgehead atoms. The molecule has 1 aromatic carbocycles. The van der Waals surface area contributed by atoms with Gasteiger partial charge in [-0.25, -0.2) is 0 Å². The Labute approximate surface area is 84.8 Å². The van der Waals surface area contributed by atoms with Crippen LogP contribution in [0.2, 0.25) is 0 Å². The lowest BCUT2D eigenvalue weighted by molar-refractivity contribution is 0.330. The molecule has 3 rings (SSSR count). The van der Waals surface area contributed by atoms with E-state index in [2.05, 4.69) is 6.07 Å². The highest BCUT2D eigenvalue weighted by Gasteiger charge is 2.33. The van der Waals surface area contributed by atoms with Crippen molar-refractivity contribution in [2.75, 3.05) is 0 Å². The molecule has 14 heavy (non-hydrogen) atoms. The number of phenols is 1. The molecule has 0 spiro atoms. The Morgan fingerprint density at radius 1 is 1.14 bits per heavy atom. The highest BCUT2D eigenvalue weighted by Crippen LogP contribution is 2.47. The van der Waals surface area contributed by atoms with Crippen molar-refractivity contribution in [3.8, 4) is 5.75 Å². The van der Waals surface area contributed by atoms with Gasteiger partial charge in [0.2, 0.25) is 0 Å². The second-order valence-corrected chi connectivity index (χ2v) is 4.74. The van der Waals surface area contributed by atoms with Crippen LogP contribution in [0.25, 0.3) is 0 Å². The summed E-state index contributed by atoms with van der Waals surface area (Å²) in [5, 5.41) is 9.43. The van der Waals surface area contributed by atoms with E-state index in [9.17, 15) is 5.11 Å². The minimum absolute atomic E-state index is 0.433. The minimum atomic E-state index is 0.433. The van der Waals surface area contributed by atoms with Gasteiger partial charge in [0.05, 0.1) is 0 Å². The maximum absolute atomic E-state index is 9.43. The van der Waals surface area contributed by atoms with E-state index in [1.165, 1.54) is 43.2 Å². The van der Waals surface area contributed by atoms with Gasteiger partial charge in [-0.2, -0.15) is 0 Å². The summed E-state index contributed by atoms with van der Waals surface area (Å²) in [5.74, 6) is 2.11. The van der Waals surface area contributed by atoms with Crippen LogP contribution in [0.4, 0.5) is 0 Å². The average molecular weight is 188 g/mol. The maximum Gasteiger partial charge on any atom is 0.115 e. The van der Waals surface area contributed by atoms with E-state index in [0.29, 0.717) is 5.75 Å². The summed E-state index contributed by atoms with van der Waals surface area (Å²) in [7, 11) is 0. The highest BCUT2D eigenvalue weighted by molar-refractivity contribution is 5.41. The lowest BCUT2D eigenvalue weighted by atomic mass is 9.80. The summed E-state index contributed by atoms with van der Waals surface area (Å²) in [4.78, 5) is 0. The molecule has 0 amide bonds. The largest absolute Gasteiger partial charge is 0.508 e. The van der Waals surface area contributed by atoms with E-state index >= 15 is 0 Å². The molecule has 0 heterocycles. The van der Waals surface area contributed by atoms with E-state index in [0.717, 1.165) is 11.8 Å². The fraction of sp³-hybridized carbons (Fsp3) is 0.538. The second kappa shape index (κ2) is 3.01. The van der Waals surface area contributed by atoms with Crippen molar-refractivity contribution < 1.29 is 5.11 Å². The van der Waals surface area contributed by atoms with Gasteiger partial charge >= 0.3 is 0 Å². The molecule has 2 aliphatic carbocycles. The zero-order chi connectivity index (χ0) is 9.54. The molecule has 0 saturated heterocycles. The molecule has 0 aliphatic heterocycles. The van der Waals surface area contributed by atoms with Crippen molar-refractivity contribution in [3.05, 3.63) is 29.3 Å². The highest BCUT2D eigenvalue weighted by atomic mass is 16.3. The van der Waals surface area contributed by atoms with Crippen molar-refractivity contribution in [2.45, 2.75) is 38.0 Å². The first-order chi connectivity index (χ1) is 6.84. The van der Waals surface area contributed by atoms with Gasteiger partial charge in [0.15, 0.2) is 0 Å². The molecule has 2 aliphatic rings. The van der Waals surface area contributed by atoms with Gasteiger partial charge in [-0.15, -0.1) is 0 Å². The summed E-state index contributed by atoms with van der Waals surface area (Å²) in [5.41, 5.74) is 2.93. The zero-order valence-corrected chi connectivity index (χ0v) is 8.37. The molecule has 0 radical (unpaired) electrons. The van der Waals surface area contributed by atoms with E-state index in [-0.39, 0.29) is 0 Å². The van der Waals surface area contributed by atoms with Crippen LogP contribution >= 0.6 is 0 Å². The van der Waals surface area contributed by atoms with Crippen molar-refractivity contribution in [1.29, 1.82) is 0 Å². The first kappa shape index (κ1) is 8.34. The zero-order valence-electron chi connectivity index (χ0n) is 8.37. The van der Waals surface area contributed by atoms with E-state index in [1.54, 1.807) is 0 Å². The first-order valence-corrected chi connectivity index (χ1v) is 5.66. The number of phenolic OH excluding ortho intramolecular Hbond substituents is 1. The summed E-state index contributed by atoms with van der Waals surface area (Å²) < 4.78 is 0. The topological polar surface area (TPSA) is 20.2 Å². The van der Waals surface area contributed by atoms with Crippen LogP contribution in [0.15, 0.2) is 18.2 Å². The molecule has 1 heteroatoms. The third-order valence-electron chi connectivity index (χ3n) is 3.92. The Bertz CT molecular complexity index is 356. The number of aromatic hydroxyl groups is 1. The van der Waals surface area contributed by atoms with Crippen LogP contribution in [0, 0.1) is 5.92 Å². The normalized spacial score (nSPS) is 29.7. The molecule has 1 fully saturated rings. The Hall–Kier alpha value is -0.980. The molecule has 74 valence electrons. The minimum Gasteiger partial charge on any atom is -0.508 e. The van der Waals surface area contributed by atoms with Gasteiger partial charge in [-0.3, -0.25) is 0 Å². The Balaban J connectivity index is 2.01. The molecule has 2 atom stereocenters. The third-order valence-corrected chi connectivity index (χ3v) is 3.92. The van der Waals surface area contributed by atoms with Crippen LogP contribution < -0.4 is 0 Å². The molecule has 1 aromatic rings. The number of hydrogen-bond donors (Lipinski definition) is 1.